The van der Waals surface area contributed by atoms with E-state index in [1.165, 1.54) is 0 Å². The first-order chi connectivity index (χ1) is 0. The molecule has 5 heteroatoms. The molecule has 0 radical (unpaired) electrons. The number of hydrogen-bond donors (Lipinski definition) is 0. The van der Waals surface area contributed by atoms with Crippen LogP contribution in [0.5, 0.6) is 0 Å². The number of hydrogen-bond acceptors (Lipinski definition) is 0. The largest absolute Gasteiger partial charge is 0.412 e. The van der Waals surface area contributed by atoms with Crippen LogP contribution < -0.4 is 0 Å². The highest BCUT2D eigenvalue weighted by Gasteiger charge is -0.144. The minimum Gasteiger partial charge on any atom is -0.412 e. The van der Waals surface area contributed by atoms with Crippen LogP contribution in [0.3, 0.4) is 0 Å². The van der Waals surface area contributed by atoms with E-state index >= 15 is 0 Å². The Morgan fingerprint density at radius 1 is 0.400 bits per heavy atom. The average Bonchev–Trinajstić information content (AvgIpc) is 0. The van der Waals surface area contributed by atoms with Crippen LogP contribution in [0.25, 0.3) is 0 Å². The molecule has 0 bridgehead atoms. The third-order valence-corrected chi connectivity index (χ3v) is 0. The summed E-state index contributed by atoms with van der Waals surface area (Å²) in [6.45, 7) is 0. The third-order valence-electron chi connectivity index (χ3n) is 0. The van der Waals surface area contributed by atoms with Crippen LogP contribution in [0, 0.1) is 0 Å². The summed E-state index contributed by atoms with van der Waals surface area (Å²) in [4.78, 5) is 0. The summed E-state index contributed by atoms with van der Waals surface area (Å²) in [5.41, 5.74) is 0. The van der Waals surface area contributed by atoms with Crippen molar-refractivity contribution >= 4 is 49.6 Å². The average molecular weight is 164 g/mol. The molecule has 2 N–H and O–H groups in total. The maximum atomic E-state index is 0. The van der Waals surface area contributed by atoms with Crippen molar-refractivity contribution in [2.45, 2.75) is 0 Å². The second kappa shape index (κ2) is 69.3. The molecule has 0 saturated carbocycles. The Kier molecular flexibility index (Phi) is 1770. The molecule has 0 heterocycles. The topological polar surface area (TPSA) is 31.5 Å². The van der Waals surface area contributed by atoms with Crippen LogP contribution in [0.4, 0.5) is 0 Å². The molecule has 0 aliphatic rings. The Labute approximate surface area is 55.5 Å². The van der Waals surface area contributed by atoms with E-state index in [0.29, 0.717) is 0 Å². The Balaban J connectivity index is 0. The van der Waals surface area contributed by atoms with Crippen molar-refractivity contribution in [2.75, 3.05) is 0 Å². The molecular formula is H6Cl4O. The van der Waals surface area contributed by atoms with Crippen molar-refractivity contribution < 1.29 is 5.48 Å². The molecule has 0 aromatic heterocycles. The highest BCUT2D eigenvalue weighted by Crippen LogP contribution is 0.693. The summed E-state index contributed by atoms with van der Waals surface area (Å²) in [5, 5.41) is 0. The van der Waals surface area contributed by atoms with Crippen molar-refractivity contribution in [1.82, 2.24) is 0 Å². The minimum absolute atomic E-state index is 0. The summed E-state index contributed by atoms with van der Waals surface area (Å²) < 4.78 is 0. The Hall–Kier alpha value is 1.12. The van der Waals surface area contributed by atoms with Gasteiger partial charge in [-0.1, -0.05) is 0 Å². The van der Waals surface area contributed by atoms with Gasteiger partial charge in [0.2, 0.25) is 0 Å². The normalized spacial score (nSPS) is 0. The van der Waals surface area contributed by atoms with E-state index in [9.17, 15) is 0 Å². The van der Waals surface area contributed by atoms with Crippen molar-refractivity contribution in [3.8, 4) is 0 Å². The van der Waals surface area contributed by atoms with Gasteiger partial charge in [0.05, 0.1) is 0 Å². The van der Waals surface area contributed by atoms with Crippen LogP contribution in [-0.4, -0.2) is 5.48 Å². The standard InChI is InChI=1S/4ClH.H2O/h4*1H;1H2. The van der Waals surface area contributed by atoms with E-state index in [1.807, 2.05) is 0 Å². The zero-order valence-corrected chi connectivity index (χ0v) is 5.40. The van der Waals surface area contributed by atoms with Gasteiger partial charge >= 0.3 is 0 Å². The predicted octanol–water partition coefficient (Wildman–Crippen LogP) is 0.862. The predicted molar refractivity (Wildman–Crippen MR) is 32.6 cm³/mol. The van der Waals surface area contributed by atoms with Gasteiger partial charge < -0.3 is 5.48 Å². The number of rotatable bonds is 0. The maximum absolute atomic E-state index is 0. The van der Waals surface area contributed by atoms with Crippen LogP contribution in [-0.2, 0) is 0 Å². The van der Waals surface area contributed by atoms with Gasteiger partial charge in [-0.3, -0.25) is 0 Å². The van der Waals surface area contributed by atoms with Gasteiger partial charge in [-0.25, -0.2) is 0 Å². The zero-order valence-electron chi connectivity index (χ0n) is 2.13. The first-order valence-corrected chi connectivity index (χ1v) is 0. The Morgan fingerprint density at radius 2 is 0.400 bits per heavy atom. The highest BCUT2D eigenvalue weighted by molar-refractivity contribution is 5.86. The quantitative estimate of drug-likeness (QED) is 0.508. The molecule has 40 valence electrons. The molecule has 0 spiro atoms. The van der Waals surface area contributed by atoms with Crippen LogP contribution in [0.2, 0.25) is 0 Å². The molecule has 0 aromatic rings. The van der Waals surface area contributed by atoms with E-state index in [-0.39, 0.29) is 55.1 Å². The minimum atomic E-state index is 0. The fourth-order valence-electron chi connectivity index (χ4n) is 0. The van der Waals surface area contributed by atoms with Gasteiger partial charge in [-0.2, -0.15) is 0 Å². The lowest BCUT2D eigenvalue weighted by atomic mass is 16.0. The Bertz CT molecular complexity index is 3.61. The molecule has 0 aliphatic carbocycles. The van der Waals surface area contributed by atoms with Gasteiger partial charge in [0, 0.05) is 0 Å². The zero-order chi connectivity index (χ0) is 0. The third kappa shape index (κ3) is 39.7. The van der Waals surface area contributed by atoms with E-state index in [4.69, 9.17) is 0 Å². The van der Waals surface area contributed by atoms with E-state index in [0.717, 1.165) is 0 Å². The molecular weight excluding hydrogens is 158 g/mol. The smallest absolute Gasteiger partial charge is 0.147 e. The van der Waals surface area contributed by atoms with Crippen LogP contribution >= 0.6 is 49.6 Å². The Morgan fingerprint density at radius 3 is 0.400 bits per heavy atom. The summed E-state index contributed by atoms with van der Waals surface area (Å²) in [6, 6.07) is 0. The van der Waals surface area contributed by atoms with Gasteiger partial charge in [0.15, 0.2) is 0 Å². The molecule has 0 unspecified atom stereocenters. The van der Waals surface area contributed by atoms with Crippen molar-refractivity contribution in [3.63, 3.8) is 0 Å². The fourth-order valence-corrected chi connectivity index (χ4v) is 0. The molecule has 5 heavy (non-hydrogen) atoms. The monoisotopic (exact) mass is 162 g/mol. The molecule has 0 rings (SSSR count). The SMILES string of the molecule is Cl.Cl.Cl.Cl.O. The molecule has 0 saturated heterocycles. The van der Waals surface area contributed by atoms with Gasteiger partial charge in [-0.15, -0.1) is 49.6 Å². The number of halogens is 4. The van der Waals surface area contributed by atoms with Crippen molar-refractivity contribution in [3.05, 3.63) is 0 Å². The summed E-state index contributed by atoms with van der Waals surface area (Å²) in [7, 11) is 0. The highest BCUT2D eigenvalue weighted by atomic mass is 35.5. The summed E-state index contributed by atoms with van der Waals surface area (Å²) in [6.07, 6.45) is 0. The van der Waals surface area contributed by atoms with Crippen molar-refractivity contribution in [1.29, 1.82) is 0 Å². The second-order valence-corrected chi connectivity index (χ2v) is 0. The molecule has 0 amide bonds. The second-order valence-electron chi connectivity index (χ2n) is 0. The van der Waals surface area contributed by atoms with E-state index < -0.39 is 0 Å². The molecule has 0 fully saturated rings. The van der Waals surface area contributed by atoms with Crippen molar-refractivity contribution in [2.24, 2.45) is 0 Å². The molecule has 0 atom stereocenters. The van der Waals surface area contributed by atoms with Crippen LogP contribution in [0.15, 0.2) is 0 Å². The summed E-state index contributed by atoms with van der Waals surface area (Å²) in [5.74, 6) is 0. The van der Waals surface area contributed by atoms with E-state index in [2.05, 4.69) is 0 Å². The first-order valence-electron chi connectivity index (χ1n) is 0. The maximum Gasteiger partial charge on any atom is -0.147 e. The van der Waals surface area contributed by atoms with Gasteiger partial charge in [-0.05, 0) is 0 Å². The molecule has 0 aromatic carbocycles. The summed E-state index contributed by atoms with van der Waals surface area (Å²) >= 11 is 0. The first kappa shape index (κ1) is 128. The fraction of sp³-hybridized carbons (Fsp3) is 0. The lowest BCUT2D eigenvalue weighted by Gasteiger charge is -0.412. The lowest BCUT2D eigenvalue weighted by molar-refractivity contribution is 0.824. The molecule has 1 nitrogen and oxygen atoms in total. The van der Waals surface area contributed by atoms with Gasteiger partial charge in [0.25, 0.3) is 0 Å². The molecule has 0 aliphatic heterocycles. The lowest BCUT2D eigenvalue weighted by Crippen LogP contribution is -0.289. The van der Waals surface area contributed by atoms with Crippen LogP contribution in [0.1, 0.15) is 0 Å². The van der Waals surface area contributed by atoms with Gasteiger partial charge in [0.1, 0.15) is 0 Å². The van der Waals surface area contributed by atoms with E-state index in [1.54, 1.807) is 0 Å².